The van der Waals surface area contributed by atoms with Crippen LogP contribution in [0.5, 0.6) is 0 Å². The Hall–Kier alpha value is -2.37. The number of carbonyl (C=O) groups is 4. The van der Waals surface area contributed by atoms with Crippen LogP contribution in [-0.4, -0.2) is 58.1 Å². The number of Topliss-reactive ketones (excluding diaryl/α,β-unsaturated/α-hetero) is 1. The van der Waals surface area contributed by atoms with Gasteiger partial charge in [0.15, 0.2) is 0 Å². The first-order valence-corrected chi connectivity index (χ1v) is 17.2. The monoisotopic (exact) mass is 662 g/mol. The number of rotatable bonds is 16. The molecule has 1 aliphatic rings. The van der Waals surface area contributed by atoms with Gasteiger partial charge in [-0.2, -0.15) is 0 Å². The van der Waals surface area contributed by atoms with Crippen LogP contribution in [0.15, 0.2) is 53.1 Å². The molecule has 3 atom stereocenters. The zero-order chi connectivity index (χ0) is 29.6. The highest BCUT2D eigenvalue weighted by Gasteiger charge is 2.31. The average molecular weight is 664 g/mol. The highest BCUT2D eigenvalue weighted by molar-refractivity contribution is 9.10. The SMILES string of the molecule is CC(C)[C@H](NC(=O)CCCCC1CCSS1)C(=O)N[C@@H](Cc1ccc(Br)cc1)C(=O)C(=O)NCCc1ccccn1. The Morgan fingerprint density at radius 2 is 1.83 bits per heavy atom. The van der Waals surface area contributed by atoms with E-state index in [-0.39, 0.29) is 24.8 Å². The number of halogens is 1. The molecule has 222 valence electrons. The third kappa shape index (κ3) is 11.8. The summed E-state index contributed by atoms with van der Waals surface area (Å²) < 4.78 is 0.879. The van der Waals surface area contributed by atoms with Crippen molar-refractivity contribution in [3.63, 3.8) is 0 Å². The fraction of sp³-hybridized carbons (Fsp3) is 0.500. The lowest BCUT2D eigenvalue weighted by molar-refractivity contribution is -0.140. The zero-order valence-corrected chi connectivity index (χ0v) is 26.8. The maximum absolute atomic E-state index is 13.4. The molecule has 3 rings (SSSR count). The van der Waals surface area contributed by atoms with Crippen LogP contribution in [-0.2, 0) is 32.0 Å². The number of pyridine rings is 1. The third-order valence-electron chi connectivity index (χ3n) is 6.78. The van der Waals surface area contributed by atoms with Crippen molar-refractivity contribution in [2.24, 2.45) is 5.92 Å². The Morgan fingerprint density at radius 3 is 2.49 bits per heavy atom. The van der Waals surface area contributed by atoms with E-state index in [4.69, 9.17) is 0 Å². The molecule has 0 saturated carbocycles. The number of hydrogen-bond acceptors (Lipinski definition) is 7. The van der Waals surface area contributed by atoms with Crippen molar-refractivity contribution in [1.29, 1.82) is 0 Å². The van der Waals surface area contributed by atoms with Gasteiger partial charge >= 0.3 is 0 Å². The van der Waals surface area contributed by atoms with Crippen molar-refractivity contribution in [3.05, 3.63) is 64.4 Å². The molecule has 0 spiro atoms. The molecular formula is C30H39BrN4O4S2. The Balaban J connectivity index is 1.59. The molecule has 8 nitrogen and oxygen atoms in total. The summed E-state index contributed by atoms with van der Waals surface area (Å²) in [6.07, 6.45) is 6.70. The summed E-state index contributed by atoms with van der Waals surface area (Å²) in [6.45, 7) is 3.92. The highest BCUT2D eigenvalue weighted by atomic mass is 79.9. The number of hydrogen-bond donors (Lipinski definition) is 3. The molecule has 41 heavy (non-hydrogen) atoms. The molecule has 3 amide bonds. The summed E-state index contributed by atoms with van der Waals surface area (Å²) in [7, 11) is 3.85. The van der Waals surface area contributed by atoms with Gasteiger partial charge in [0.25, 0.3) is 5.91 Å². The van der Waals surface area contributed by atoms with Crippen LogP contribution in [0.3, 0.4) is 0 Å². The Bertz CT molecular complexity index is 1140. The van der Waals surface area contributed by atoms with Gasteiger partial charge in [-0.1, -0.05) is 76.0 Å². The van der Waals surface area contributed by atoms with Crippen LogP contribution in [0.1, 0.15) is 57.2 Å². The fourth-order valence-electron chi connectivity index (χ4n) is 4.43. The predicted octanol–water partition coefficient (Wildman–Crippen LogP) is 4.65. The van der Waals surface area contributed by atoms with Crippen molar-refractivity contribution < 1.29 is 19.2 Å². The minimum absolute atomic E-state index is 0.141. The third-order valence-corrected chi connectivity index (χ3v) is 10.3. The number of ketones is 1. The normalized spacial score (nSPS) is 16.1. The van der Waals surface area contributed by atoms with Crippen LogP contribution < -0.4 is 16.0 Å². The van der Waals surface area contributed by atoms with E-state index in [1.807, 2.05) is 77.9 Å². The van der Waals surface area contributed by atoms with Crippen LogP contribution >= 0.6 is 37.5 Å². The summed E-state index contributed by atoms with van der Waals surface area (Å²) in [6, 6.07) is 11.0. The molecule has 0 aliphatic carbocycles. The van der Waals surface area contributed by atoms with Gasteiger partial charge in [-0.3, -0.25) is 24.2 Å². The smallest absolute Gasteiger partial charge is 0.289 e. The van der Waals surface area contributed by atoms with E-state index in [0.29, 0.717) is 18.1 Å². The Labute approximate surface area is 258 Å². The molecule has 11 heteroatoms. The topological polar surface area (TPSA) is 117 Å². The van der Waals surface area contributed by atoms with Crippen molar-refractivity contribution in [2.75, 3.05) is 12.3 Å². The van der Waals surface area contributed by atoms with Crippen LogP contribution in [0.2, 0.25) is 0 Å². The molecule has 1 aromatic carbocycles. The van der Waals surface area contributed by atoms with Crippen molar-refractivity contribution in [1.82, 2.24) is 20.9 Å². The molecule has 2 heterocycles. The number of amides is 3. The summed E-state index contributed by atoms with van der Waals surface area (Å²) in [4.78, 5) is 56.4. The lowest BCUT2D eigenvalue weighted by Gasteiger charge is -2.25. The molecule has 0 radical (unpaired) electrons. The summed E-state index contributed by atoms with van der Waals surface area (Å²) in [5, 5.41) is 8.95. The first-order valence-electron chi connectivity index (χ1n) is 14.1. The summed E-state index contributed by atoms with van der Waals surface area (Å²) in [5.74, 6) is -1.19. The van der Waals surface area contributed by atoms with Gasteiger partial charge in [0.2, 0.25) is 17.6 Å². The van der Waals surface area contributed by atoms with E-state index in [2.05, 4.69) is 36.9 Å². The van der Waals surface area contributed by atoms with E-state index in [1.165, 1.54) is 12.2 Å². The minimum atomic E-state index is -1.08. The molecule has 1 aliphatic heterocycles. The largest absolute Gasteiger partial charge is 0.349 e. The van der Waals surface area contributed by atoms with Gasteiger partial charge in [0.1, 0.15) is 12.1 Å². The van der Waals surface area contributed by atoms with Gasteiger partial charge in [-0.05, 0) is 55.0 Å². The highest BCUT2D eigenvalue weighted by Crippen LogP contribution is 2.39. The van der Waals surface area contributed by atoms with Gasteiger partial charge in [0.05, 0.1) is 0 Å². The van der Waals surface area contributed by atoms with Crippen LogP contribution in [0.25, 0.3) is 0 Å². The summed E-state index contributed by atoms with van der Waals surface area (Å²) in [5.41, 5.74) is 1.59. The predicted molar refractivity (Wildman–Crippen MR) is 169 cm³/mol. The number of nitrogens with one attached hydrogen (secondary N) is 3. The second-order valence-electron chi connectivity index (χ2n) is 10.4. The summed E-state index contributed by atoms with van der Waals surface area (Å²) >= 11 is 3.40. The fourth-order valence-corrected chi connectivity index (χ4v) is 7.72. The molecule has 1 saturated heterocycles. The lowest BCUT2D eigenvalue weighted by atomic mass is 9.98. The second kappa shape index (κ2) is 17.6. The molecular weight excluding hydrogens is 624 g/mol. The second-order valence-corrected chi connectivity index (χ2v) is 14.2. The first kappa shape index (κ1) is 33.1. The number of carbonyl (C=O) groups excluding carboxylic acids is 4. The molecule has 3 N–H and O–H groups in total. The lowest BCUT2D eigenvalue weighted by Crippen LogP contribution is -2.56. The molecule has 1 aromatic heterocycles. The van der Waals surface area contributed by atoms with E-state index in [1.54, 1.807) is 6.20 Å². The minimum Gasteiger partial charge on any atom is -0.349 e. The molecule has 2 aromatic rings. The van der Waals surface area contributed by atoms with Crippen molar-refractivity contribution >= 4 is 61.0 Å². The van der Waals surface area contributed by atoms with Gasteiger partial charge in [0, 0.05) is 53.2 Å². The van der Waals surface area contributed by atoms with Gasteiger partial charge in [-0.15, -0.1) is 0 Å². The maximum atomic E-state index is 13.4. The number of benzene rings is 1. The van der Waals surface area contributed by atoms with Gasteiger partial charge < -0.3 is 16.0 Å². The molecule has 0 bridgehead atoms. The maximum Gasteiger partial charge on any atom is 0.289 e. The van der Waals surface area contributed by atoms with Crippen LogP contribution in [0.4, 0.5) is 0 Å². The van der Waals surface area contributed by atoms with E-state index >= 15 is 0 Å². The van der Waals surface area contributed by atoms with Crippen molar-refractivity contribution in [2.45, 2.75) is 76.1 Å². The van der Waals surface area contributed by atoms with Gasteiger partial charge in [-0.25, -0.2) is 0 Å². The standard InChI is InChI=1S/C30H39BrN4O4S2/c1-20(2)27(35-26(36)9-4-3-8-24-15-18-40-41-24)29(38)34-25(19-21-10-12-22(31)13-11-21)28(37)30(39)33-17-14-23-7-5-6-16-32-23/h5-7,10-13,16,20,24-25,27H,3-4,8-9,14-15,17-19H2,1-2H3,(H,33,39)(H,34,38)(H,35,36)/t24?,25-,27-/m0/s1. The first-order chi connectivity index (χ1) is 19.7. The zero-order valence-electron chi connectivity index (χ0n) is 23.6. The molecule has 1 unspecified atom stereocenters. The number of nitrogens with zero attached hydrogens (tertiary/aromatic N) is 1. The number of aromatic nitrogens is 1. The van der Waals surface area contributed by atoms with Crippen molar-refractivity contribution in [3.8, 4) is 0 Å². The van der Waals surface area contributed by atoms with E-state index < -0.39 is 29.7 Å². The quantitative estimate of drug-likeness (QED) is 0.136. The number of unbranched alkanes of at least 4 members (excludes halogenated alkanes) is 1. The Morgan fingerprint density at radius 1 is 1.05 bits per heavy atom. The Kier molecular flexibility index (Phi) is 14.2. The molecule has 1 fully saturated rings. The van der Waals surface area contributed by atoms with Crippen LogP contribution in [0, 0.1) is 5.92 Å². The van der Waals surface area contributed by atoms with E-state index in [9.17, 15) is 19.2 Å². The average Bonchev–Trinajstić information content (AvgIpc) is 3.48. The van der Waals surface area contributed by atoms with E-state index in [0.717, 1.165) is 35.0 Å².